The molecule has 0 aromatic rings. The second-order valence-corrected chi connectivity index (χ2v) is 3.61. The van der Waals surface area contributed by atoms with Crippen molar-refractivity contribution in [2.75, 3.05) is 18.1 Å². The number of ether oxygens (including phenoxy) is 1. The van der Waals surface area contributed by atoms with Gasteiger partial charge < -0.3 is 4.74 Å². The summed E-state index contributed by atoms with van der Waals surface area (Å²) >= 11 is 1.98. The Hall–Kier alpha value is 0.310. The van der Waals surface area contributed by atoms with E-state index in [1.807, 2.05) is 11.8 Å². The quantitative estimate of drug-likeness (QED) is 0.601. The molecule has 0 radical (unpaired) electrons. The molecular weight excluding hydrogens is 132 g/mol. The lowest BCUT2D eigenvalue weighted by Crippen LogP contribution is -2.07. The summed E-state index contributed by atoms with van der Waals surface area (Å²) in [6, 6.07) is 0. The predicted molar refractivity (Wildman–Crippen MR) is 42.0 cm³/mol. The highest BCUT2D eigenvalue weighted by Crippen LogP contribution is 2.16. The molecule has 1 unspecified atom stereocenters. The molecule has 2 heteroatoms. The Morgan fingerprint density at radius 1 is 1.67 bits per heavy atom. The molecule has 1 aliphatic heterocycles. The molecule has 1 aliphatic rings. The van der Waals surface area contributed by atoms with E-state index in [2.05, 4.69) is 6.92 Å². The van der Waals surface area contributed by atoms with Crippen molar-refractivity contribution in [1.29, 1.82) is 0 Å². The van der Waals surface area contributed by atoms with Crippen molar-refractivity contribution in [2.24, 2.45) is 0 Å². The Labute approximate surface area is 61.2 Å². The third-order valence-electron chi connectivity index (χ3n) is 1.53. The zero-order valence-corrected chi connectivity index (χ0v) is 6.75. The van der Waals surface area contributed by atoms with Gasteiger partial charge in [0.2, 0.25) is 0 Å². The average Bonchev–Trinajstić information content (AvgIpc) is 2.34. The first-order chi connectivity index (χ1) is 4.43. The molecule has 0 N–H and O–H groups in total. The smallest absolute Gasteiger partial charge is 0.0666 e. The highest BCUT2D eigenvalue weighted by atomic mass is 32.2. The number of hydrogen-bond donors (Lipinski definition) is 0. The average molecular weight is 146 g/mol. The van der Waals surface area contributed by atoms with Gasteiger partial charge in [-0.25, -0.2) is 0 Å². The van der Waals surface area contributed by atoms with Gasteiger partial charge in [-0.3, -0.25) is 0 Å². The maximum atomic E-state index is 5.43. The van der Waals surface area contributed by atoms with Crippen LogP contribution in [0, 0.1) is 0 Å². The van der Waals surface area contributed by atoms with Gasteiger partial charge in [0.25, 0.3) is 0 Å². The lowest BCUT2D eigenvalue weighted by molar-refractivity contribution is 0.129. The van der Waals surface area contributed by atoms with Crippen LogP contribution in [0.3, 0.4) is 0 Å². The van der Waals surface area contributed by atoms with E-state index in [-0.39, 0.29) is 0 Å². The van der Waals surface area contributed by atoms with Crippen LogP contribution in [0.1, 0.15) is 19.8 Å². The summed E-state index contributed by atoms with van der Waals surface area (Å²) < 4.78 is 5.43. The van der Waals surface area contributed by atoms with Crippen LogP contribution in [-0.2, 0) is 4.74 Å². The van der Waals surface area contributed by atoms with E-state index < -0.39 is 0 Å². The topological polar surface area (TPSA) is 9.23 Å². The summed E-state index contributed by atoms with van der Waals surface area (Å²) in [5.41, 5.74) is 0. The van der Waals surface area contributed by atoms with E-state index in [0.717, 1.165) is 6.61 Å². The molecule has 0 aromatic heterocycles. The number of hydrogen-bond acceptors (Lipinski definition) is 2. The second kappa shape index (κ2) is 4.18. The van der Waals surface area contributed by atoms with Crippen LogP contribution in [0.15, 0.2) is 0 Å². The SMILES string of the molecule is CCSCC1CCCO1. The van der Waals surface area contributed by atoms with Gasteiger partial charge in [0, 0.05) is 12.4 Å². The molecule has 1 fully saturated rings. The van der Waals surface area contributed by atoms with Gasteiger partial charge in [0.1, 0.15) is 0 Å². The Kier molecular flexibility index (Phi) is 3.44. The first-order valence-corrected chi connectivity index (χ1v) is 4.78. The van der Waals surface area contributed by atoms with Gasteiger partial charge in [-0.05, 0) is 18.6 Å². The zero-order chi connectivity index (χ0) is 6.53. The van der Waals surface area contributed by atoms with Crippen LogP contribution >= 0.6 is 11.8 Å². The molecule has 1 heterocycles. The van der Waals surface area contributed by atoms with Crippen LogP contribution in [0.4, 0.5) is 0 Å². The third kappa shape index (κ3) is 2.59. The molecule has 0 aliphatic carbocycles. The minimum atomic E-state index is 0.579. The van der Waals surface area contributed by atoms with Gasteiger partial charge in [0.05, 0.1) is 6.10 Å². The molecule has 1 saturated heterocycles. The van der Waals surface area contributed by atoms with E-state index in [4.69, 9.17) is 4.74 Å². The van der Waals surface area contributed by atoms with Crippen molar-refractivity contribution in [2.45, 2.75) is 25.9 Å². The molecule has 0 spiro atoms. The Morgan fingerprint density at radius 3 is 3.11 bits per heavy atom. The van der Waals surface area contributed by atoms with Crippen molar-refractivity contribution in [3.63, 3.8) is 0 Å². The van der Waals surface area contributed by atoms with Crippen molar-refractivity contribution in [1.82, 2.24) is 0 Å². The van der Waals surface area contributed by atoms with E-state index in [9.17, 15) is 0 Å². The highest BCUT2D eigenvalue weighted by molar-refractivity contribution is 7.99. The molecule has 0 saturated carbocycles. The fraction of sp³-hybridized carbons (Fsp3) is 1.00. The van der Waals surface area contributed by atoms with Gasteiger partial charge in [0.15, 0.2) is 0 Å². The maximum absolute atomic E-state index is 5.43. The minimum Gasteiger partial charge on any atom is -0.377 e. The fourth-order valence-electron chi connectivity index (χ4n) is 1.03. The lowest BCUT2D eigenvalue weighted by Gasteiger charge is -2.05. The fourth-order valence-corrected chi connectivity index (χ4v) is 1.79. The van der Waals surface area contributed by atoms with Crippen LogP contribution in [0.2, 0.25) is 0 Å². The van der Waals surface area contributed by atoms with Crippen molar-refractivity contribution in [3.8, 4) is 0 Å². The van der Waals surface area contributed by atoms with Gasteiger partial charge in [-0.2, -0.15) is 11.8 Å². The molecule has 54 valence electrons. The van der Waals surface area contributed by atoms with Gasteiger partial charge in [-0.15, -0.1) is 0 Å². The molecule has 9 heavy (non-hydrogen) atoms. The molecular formula is C7H14OS. The molecule has 1 nitrogen and oxygen atoms in total. The van der Waals surface area contributed by atoms with Crippen molar-refractivity contribution < 1.29 is 4.74 Å². The maximum Gasteiger partial charge on any atom is 0.0666 e. The van der Waals surface area contributed by atoms with Crippen LogP contribution in [0.25, 0.3) is 0 Å². The summed E-state index contributed by atoms with van der Waals surface area (Å²) in [5, 5.41) is 0. The lowest BCUT2D eigenvalue weighted by atomic mass is 10.3. The second-order valence-electron chi connectivity index (χ2n) is 2.29. The molecule has 0 amide bonds. The number of thioether (sulfide) groups is 1. The number of rotatable bonds is 3. The molecule has 0 bridgehead atoms. The van der Waals surface area contributed by atoms with E-state index in [1.54, 1.807) is 0 Å². The Bertz CT molecular complexity index is 69.3. The van der Waals surface area contributed by atoms with E-state index in [0.29, 0.717) is 6.10 Å². The zero-order valence-electron chi connectivity index (χ0n) is 5.93. The van der Waals surface area contributed by atoms with Crippen LogP contribution in [-0.4, -0.2) is 24.2 Å². The summed E-state index contributed by atoms with van der Waals surface area (Å²) in [6.45, 7) is 3.19. The van der Waals surface area contributed by atoms with Gasteiger partial charge in [-0.1, -0.05) is 6.92 Å². The van der Waals surface area contributed by atoms with Crippen molar-refractivity contribution >= 4 is 11.8 Å². The summed E-state index contributed by atoms with van der Waals surface area (Å²) in [4.78, 5) is 0. The standard InChI is InChI=1S/C7H14OS/c1-2-9-6-7-4-3-5-8-7/h7H,2-6H2,1H3. The largest absolute Gasteiger partial charge is 0.377 e. The van der Waals surface area contributed by atoms with Gasteiger partial charge >= 0.3 is 0 Å². The summed E-state index contributed by atoms with van der Waals surface area (Å²) in [5.74, 6) is 2.43. The highest BCUT2D eigenvalue weighted by Gasteiger charge is 2.13. The summed E-state index contributed by atoms with van der Waals surface area (Å²) in [6.07, 6.45) is 3.14. The Morgan fingerprint density at radius 2 is 2.56 bits per heavy atom. The van der Waals surface area contributed by atoms with E-state index in [1.165, 1.54) is 24.3 Å². The molecule has 1 atom stereocenters. The molecule has 1 rings (SSSR count). The molecule has 0 aromatic carbocycles. The van der Waals surface area contributed by atoms with Crippen LogP contribution < -0.4 is 0 Å². The van der Waals surface area contributed by atoms with Crippen LogP contribution in [0.5, 0.6) is 0 Å². The minimum absolute atomic E-state index is 0.579. The Balaban J connectivity index is 1.98. The summed E-state index contributed by atoms with van der Waals surface area (Å²) in [7, 11) is 0. The van der Waals surface area contributed by atoms with E-state index >= 15 is 0 Å². The third-order valence-corrected chi connectivity index (χ3v) is 2.55. The first kappa shape index (κ1) is 7.42. The normalized spacial score (nSPS) is 27.0. The first-order valence-electron chi connectivity index (χ1n) is 3.63. The predicted octanol–water partition coefficient (Wildman–Crippen LogP) is 1.92. The van der Waals surface area contributed by atoms with Crippen molar-refractivity contribution in [3.05, 3.63) is 0 Å². The monoisotopic (exact) mass is 146 g/mol.